The van der Waals surface area contributed by atoms with Crippen LogP contribution in [0.25, 0.3) is 0 Å². The Morgan fingerprint density at radius 2 is 1.85 bits per heavy atom. The van der Waals surface area contributed by atoms with E-state index in [-0.39, 0.29) is 12.5 Å². The van der Waals surface area contributed by atoms with E-state index in [1.165, 1.54) is 0 Å². The second-order valence-corrected chi connectivity index (χ2v) is 6.52. The SMILES string of the molecule is CCC(CNC(=O)C1OCCc2ccccc21)(C(=O)O)c1ccccc1. The summed E-state index contributed by atoms with van der Waals surface area (Å²) in [5, 5.41) is 12.7. The maximum atomic E-state index is 12.7. The number of carboxylic acid groups (broad SMARTS) is 1. The monoisotopic (exact) mass is 353 g/mol. The fraction of sp³-hybridized carbons (Fsp3) is 0.333. The van der Waals surface area contributed by atoms with Gasteiger partial charge in [-0.3, -0.25) is 9.59 Å². The minimum absolute atomic E-state index is 0.0176. The predicted octanol–water partition coefficient (Wildman–Crippen LogP) is 2.85. The van der Waals surface area contributed by atoms with Crippen LogP contribution in [0.3, 0.4) is 0 Å². The molecule has 0 fully saturated rings. The number of nitrogens with one attached hydrogen (secondary N) is 1. The number of benzene rings is 2. The first-order valence-electron chi connectivity index (χ1n) is 8.84. The minimum Gasteiger partial charge on any atom is -0.481 e. The summed E-state index contributed by atoms with van der Waals surface area (Å²) in [6.07, 6.45) is 0.450. The van der Waals surface area contributed by atoms with Crippen molar-refractivity contribution in [2.24, 2.45) is 0 Å². The van der Waals surface area contributed by atoms with Crippen LogP contribution < -0.4 is 5.32 Å². The molecule has 0 spiro atoms. The highest BCUT2D eigenvalue weighted by Crippen LogP contribution is 2.30. The number of carbonyl (C=O) groups excluding carboxylic acids is 1. The van der Waals surface area contributed by atoms with Gasteiger partial charge in [0.1, 0.15) is 5.41 Å². The van der Waals surface area contributed by atoms with E-state index in [2.05, 4.69) is 5.32 Å². The van der Waals surface area contributed by atoms with E-state index in [9.17, 15) is 14.7 Å². The van der Waals surface area contributed by atoms with Crippen molar-refractivity contribution in [3.05, 3.63) is 71.3 Å². The van der Waals surface area contributed by atoms with Gasteiger partial charge in [0.15, 0.2) is 6.10 Å². The molecule has 3 rings (SSSR count). The smallest absolute Gasteiger partial charge is 0.315 e. The summed E-state index contributed by atoms with van der Waals surface area (Å²) in [6, 6.07) is 16.8. The number of amides is 1. The molecule has 1 amide bonds. The zero-order valence-electron chi connectivity index (χ0n) is 14.8. The van der Waals surface area contributed by atoms with Crippen molar-refractivity contribution in [3.8, 4) is 0 Å². The molecule has 2 aromatic rings. The lowest BCUT2D eigenvalue weighted by atomic mass is 9.78. The van der Waals surface area contributed by atoms with Gasteiger partial charge < -0.3 is 15.2 Å². The van der Waals surface area contributed by atoms with Crippen molar-refractivity contribution in [2.75, 3.05) is 13.2 Å². The molecule has 26 heavy (non-hydrogen) atoms. The van der Waals surface area contributed by atoms with E-state index in [0.717, 1.165) is 17.5 Å². The lowest BCUT2D eigenvalue weighted by Crippen LogP contribution is -2.47. The Labute approximate surface area is 153 Å². The number of carbonyl (C=O) groups is 2. The second-order valence-electron chi connectivity index (χ2n) is 6.52. The van der Waals surface area contributed by atoms with E-state index in [4.69, 9.17) is 4.74 Å². The third-order valence-corrected chi connectivity index (χ3v) is 5.14. The second kappa shape index (κ2) is 7.70. The van der Waals surface area contributed by atoms with Gasteiger partial charge in [-0.05, 0) is 29.5 Å². The fourth-order valence-electron chi connectivity index (χ4n) is 3.48. The number of rotatable bonds is 6. The first kappa shape index (κ1) is 18.1. The Morgan fingerprint density at radius 3 is 2.54 bits per heavy atom. The van der Waals surface area contributed by atoms with Gasteiger partial charge in [-0.15, -0.1) is 0 Å². The van der Waals surface area contributed by atoms with Gasteiger partial charge in [-0.1, -0.05) is 61.5 Å². The quantitative estimate of drug-likeness (QED) is 0.837. The van der Waals surface area contributed by atoms with Crippen LogP contribution in [0.1, 0.15) is 36.1 Å². The summed E-state index contributed by atoms with van der Waals surface area (Å²) in [4.78, 5) is 24.8. The zero-order chi connectivity index (χ0) is 18.6. The summed E-state index contributed by atoms with van der Waals surface area (Å²) in [7, 11) is 0. The van der Waals surface area contributed by atoms with Crippen LogP contribution >= 0.6 is 0 Å². The summed E-state index contributed by atoms with van der Waals surface area (Å²) in [5.74, 6) is -1.25. The molecule has 0 saturated heterocycles. The maximum absolute atomic E-state index is 12.7. The topological polar surface area (TPSA) is 75.6 Å². The number of fused-ring (bicyclic) bond motifs is 1. The van der Waals surface area contributed by atoms with Gasteiger partial charge in [-0.2, -0.15) is 0 Å². The number of hydrogen-bond acceptors (Lipinski definition) is 3. The molecule has 5 nitrogen and oxygen atoms in total. The van der Waals surface area contributed by atoms with Gasteiger partial charge in [0.05, 0.1) is 6.61 Å². The largest absolute Gasteiger partial charge is 0.481 e. The molecule has 136 valence electrons. The first-order valence-corrected chi connectivity index (χ1v) is 8.84. The van der Waals surface area contributed by atoms with Crippen LogP contribution in [0.15, 0.2) is 54.6 Å². The van der Waals surface area contributed by atoms with Crippen LogP contribution in [-0.4, -0.2) is 30.1 Å². The molecule has 1 aliphatic rings. The molecule has 0 aliphatic carbocycles. The van der Waals surface area contributed by atoms with E-state index in [1.807, 2.05) is 49.4 Å². The van der Waals surface area contributed by atoms with E-state index >= 15 is 0 Å². The molecule has 2 aromatic carbocycles. The van der Waals surface area contributed by atoms with Gasteiger partial charge >= 0.3 is 5.97 Å². The van der Waals surface area contributed by atoms with Gasteiger partial charge in [0.2, 0.25) is 0 Å². The predicted molar refractivity (Wildman–Crippen MR) is 97.9 cm³/mol. The Bertz CT molecular complexity index is 790. The van der Waals surface area contributed by atoms with Crippen molar-refractivity contribution >= 4 is 11.9 Å². The van der Waals surface area contributed by atoms with Gasteiger partial charge in [0, 0.05) is 6.54 Å². The Morgan fingerprint density at radius 1 is 1.15 bits per heavy atom. The highest BCUT2D eigenvalue weighted by molar-refractivity contribution is 5.86. The minimum atomic E-state index is -1.16. The lowest BCUT2D eigenvalue weighted by Gasteiger charge is -2.31. The van der Waals surface area contributed by atoms with Gasteiger partial charge in [0.25, 0.3) is 5.91 Å². The maximum Gasteiger partial charge on any atom is 0.315 e. The summed E-state index contributed by atoms with van der Waals surface area (Å²) in [6.45, 7) is 2.31. The Hall–Kier alpha value is -2.66. The number of aliphatic carboxylic acids is 1. The van der Waals surface area contributed by atoms with Crippen LogP contribution in [0, 0.1) is 0 Å². The Balaban J connectivity index is 1.80. The highest BCUT2D eigenvalue weighted by Gasteiger charge is 2.40. The number of carboxylic acids is 1. The molecule has 2 unspecified atom stereocenters. The van der Waals surface area contributed by atoms with Crippen molar-refractivity contribution in [2.45, 2.75) is 31.3 Å². The third-order valence-electron chi connectivity index (χ3n) is 5.14. The normalized spacial score (nSPS) is 18.4. The van der Waals surface area contributed by atoms with Crippen molar-refractivity contribution in [3.63, 3.8) is 0 Å². The van der Waals surface area contributed by atoms with Crippen LogP contribution in [0.4, 0.5) is 0 Å². The van der Waals surface area contributed by atoms with E-state index < -0.39 is 17.5 Å². The van der Waals surface area contributed by atoms with Crippen LogP contribution in [0.2, 0.25) is 0 Å². The summed E-state index contributed by atoms with van der Waals surface area (Å²) in [5.41, 5.74) is 1.47. The molecule has 0 bridgehead atoms. The zero-order valence-corrected chi connectivity index (χ0v) is 14.8. The molecular formula is C21H23NO4. The molecular weight excluding hydrogens is 330 g/mol. The molecule has 2 N–H and O–H groups in total. The molecule has 1 aliphatic heterocycles. The van der Waals surface area contributed by atoms with E-state index in [1.54, 1.807) is 12.1 Å². The third kappa shape index (κ3) is 3.35. The fourth-order valence-corrected chi connectivity index (χ4v) is 3.48. The Kier molecular flexibility index (Phi) is 5.38. The summed E-state index contributed by atoms with van der Waals surface area (Å²) >= 11 is 0. The lowest BCUT2D eigenvalue weighted by molar-refractivity contribution is -0.144. The standard InChI is InChI=1S/C21H23NO4/c1-2-21(20(24)25,16-9-4-3-5-10-16)14-22-19(23)18-17-11-7-6-8-15(17)12-13-26-18/h3-11,18H,2,12-14H2,1H3,(H,22,23)(H,24,25). The molecule has 5 heteroatoms. The highest BCUT2D eigenvalue weighted by atomic mass is 16.5. The number of hydrogen-bond donors (Lipinski definition) is 2. The van der Waals surface area contributed by atoms with Gasteiger partial charge in [-0.25, -0.2) is 0 Å². The van der Waals surface area contributed by atoms with Crippen molar-refractivity contribution < 1.29 is 19.4 Å². The first-order chi connectivity index (χ1) is 12.6. The van der Waals surface area contributed by atoms with Crippen molar-refractivity contribution in [1.29, 1.82) is 0 Å². The average Bonchev–Trinajstić information content (AvgIpc) is 2.68. The van der Waals surface area contributed by atoms with Crippen molar-refractivity contribution in [1.82, 2.24) is 5.32 Å². The van der Waals surface area contributed by atoms with Crippen LogP contribution in [0.5, 0.6) is 0 Å². The summed E-state index contributed by atoms with van der Waals surface area (Å²) < 4.78 is 5.67. The van der Waals surface area contributed by atoms with E-state index in [0.29, 0.717) is 18.6 Å². The molecule has 0 aromatic heterocycles. The molecule has 2 atom stereocenters. The molecule has 0 saturated carbocycles. The molecule has 1 heterocycles. The van der Waals surface area contributed by atoms with Crippen LogP contribution in [-0.2, 0) is 26.2 Å². The number of ether oxygens (including phenoxy) is 1. The molecule has 0 radical (unpaired) electrons. The average molecular weight is 353 g/mol.